The molecule has 0 fully saturated rings. The maximum atomic E-state index is 9.07. The predicted molar refractivity (Wildman–Crippen MR) is 52.9 cm³/mol. The third-order valence-electron chi connectivity index (χ3n) is 1.90. The van der Waals surface area contributed by atoms with Crippen LogP contribution in [0.1, 0.15) is 18.1 Å². The Balaban J connectivity index is 2.14. The Bertz CT molecular complexity index is 334. The zero-order valence-electron chi connectivity index (χ0n) is 6.77. The molecule has 1 aliphatic rings. The van der Waals surface area contributed by atoms with Crippen LogP contribution in [0.15, 0.2) is 29.4 Å². The van der Waals surface area contributed by atoms with Crippen LogP contribution in [-0.2, 0) is 4.84 Å². The van der Waals surface area contributed by atoms with Gasteiger partial charge in [0.1, 0.15) is 10.4 Å². The maximum Gasteiger partial charge on any atom is 0.158 e. The summed E-state index contributed by atoms with van der Waals surface area (Å²) >= 11 is 3.27. The molecule has 68 valence electrons. The molecule has 2 rings (SSSR count). The van der Waals surface area contributed by atoms with E-state index in [9.17, 15) is 0 Å². The molecule has 0 saturated heterocycles. The molecule has 0 amide bonds. The lowest BCUT2D eigenvalue weighted by molar-refractivity contribution is 0.0857. The van der Waals surface area contributed by atoms with Crippen LogP contribution >= 0.6 is 15.9 Å². The first-order chi connectivity index (χ1) is 6.25. The van der Waals surface area contributed by atoms with Gasteiger partial charge in [0.2, 0.25) is 0 Å². The lowest BCUT2D eigenvalue weighted by Gasteiger charge is -2.07. The molecule has 1 aliphatic heterocycles. The van der Waals surface area contributed by atoms with Crippen LogP contribution in [0.5, 0.6) is 5.75 Å². The molecule has 4 heteroatoms. The quantitative estimate of drug-likeness (QED) is 0.822. The van der Waals surface area contributed by atoms with Gasteiger partial charge in [-0.25, -0.2) is 0 Å². The number of benzene rings is 1. The molecule has 1 aromatic carbocycles. The molecule has 0 bridgehead atoms. The van der Waals surface area contributed by atoms with Crippen LogP contribution in [0.2, 0.25) is 0 Å². The van der Waals surface area contributed by atoms with Crippen LogP contribution in [0.3, 0.4) is 0 Å². The highest BCUT2D eigenvalue weighted by atomic mass is 79.9. The molecule has 1 aromatic rings. The van der Waals surface area contributed by atoms with Crippen molar-refractivity contribution < 1.29 is 9.94 Å². The summed E-state index contributed by atoms with van der Waals surface area (Å²) in [6.45, 7) is 0. The van der Waals surface area contributed by atoms with Crippen LogP contribution < -0.4 is 0 Å². The van der Waals surface area contributed by atoms with E-state index in [1.807, 2.05) is 12.1 Å². The van der Waals surface area contributed by atoms with Gasteiger partial charge in [0.25, 0.3) is 0 Å². The zero-order valence-corrected chi connectivity index (χ0v) is 8.36. The topological polar surface area (TPSA) is 41.8 Å². The van der Waals surface area contributed by atoms with Crippen molar-refractivity contribution in [2.75, 3.05) is 0 Å². The van der Waals surface area contributed by atoms with Crippen LogP contribution in [0, 0.1) is 0 Å². The molecule has 0 spiro atoms. The second-order valence-corrected chi connectivity index (χ2v) is 3.77. The van der Waals surface area contributed by atoms with Crippen molar-refractivity contribution >= 4 is 20.6 Å². The number of nitrogens with zero attached hydrogens (tertiary/aromatic N) is 1. The van der Waals surface area contributed by atoms with Gasteiger partial charge in [-0.2, -0.15) is 0 Å². The molecule has 0 saturated carbocycles. The fourth-order valence-electron chi connectivity index (χ4n) is 1.22. The Labute approximate surface area is 84.1 Å². The van der Waals surface area contributed by atoms with Gasteiger partial charge in [0.05, 0.1) is 0 Å². The summed E-state index contributed by atoms with van der Waals surface area (Å²) in [5.74, 6) is 0.265. The Morgan fingerprint density at radius 2 is 2.08 bits per heavy atom. The number of hydrogen-bond donors (Lipinski definition) is 1. The maximum absolute atomic E-state index is 9.07. The Morgan fingerprint density at radius 1 is 1.38 bits per heavy atom. The average molecular weight is 242 g/mol. The molecular weight excluding hydrogens is 234 g/mol. The van der Waals surface area contributed by atoms with E-state index in [1.54, 1.807) is 12.1 Å². The minimum absolute atomic E-state index is 0.0185. The molecule has 0 aliphatic carbocycles. The zero-order chi connectivity index (χ0) is 9.26. The smallest absolute Gasteiger partial charge is 0.158 e. The lowest BCUT2D eigenvalue weighted by atomic mass is 10.1. The first kappa shape index (κ1) is 8.56. The van der Waals surface area contributed by atoms with Gasteiger partial charge < -0.3 is 9.94 Å². The summed E-state index contributed by atoms with van der Waals surface area (Å²) in [4.78, 5) is 5.15. The Kier molecular flexibility index (Phi) is 2.22. The number of hydrogen-bond acceptors (Lipinski definition) is 3. The van der Waals surface area contributed by atoms with Gasteiger partial charge in [0, 0.05) is 6.42 Å². The highest BCUT2D eigenvalue weighted by Gasteiger charge is 2.20. The van der Waals surface area contributed by atoms with Gasteiger partial charge in [-0.1, -0.05) is 17.3 Å². The molecule has 1 N–H and O–H groups in total. The van der Waals surface area contributed by atoms with Crippen molar-refractivity contribution in [2.45, 2.75) is 12.5 Å². The summed E-state index contributed by atoms with van der Waals surface area (Å²) in [6.07, 6.45) is 0.736. The number of aromatic hydroxyl groups is 1. The lowest BCUT2D eigenvalue weighted by Crippen LogP contribution is -1.95. The largest absolute Gasteiger partial charge is 0.508 e. The molecule has 3 nitrogen and oxygen atoms in total. The molecule has 0 radical (unpaired) electrons. The molecule has 1 heterocycles. The summed E-state index contributed by atoms with van der Waals surface area (Å²) in [5, 5.41) is 12.9. The first-order valence-corrected chi connectivity index (χ1v) is 4.72. The van der Waals surface area contributed by atoms with Gasteiger partial charge in [0.15, 0.2) is 6.10 Å². The third kappa shape index (κ3) is 1.83. The standard InChI is InChI=1S/C9H8BrNO2/c10-9-5-8(13-11-9)6-1-3-7(12)4-2-6/h1-4,8,12H,5H2/t8-/m0/s1. The summed E-state index contributed by atoms with van der Waals surface area (Å²) in [6, 6.07) is 6.96. The van der Waals surface area contributed by atoms with Gasteiger partial charge in [-0.3, -0.25) is 0 Å². The van der Waals surface area contributed by atoms with Crippen molar-refractivity contribution in [1.82, 2.24) is 0 Å². The van der Waals surface area contributed by atoms with E-state index >= 15 is 0 Å². The van der Waals surface area contributed by atoms with Crippen molar-refractivity contribution in [3.8, 4) is 5.75 Å². The van der Waals surface area contributed by atoms with Gasteiger partial charge in [-0.15, -0.1) is 0 Å². The highest BCUT2D eigenvalue weighted by molar-refractivity contribution is 9.18. The summed E-state index contributed by atoms with van der Waals surface area (Å²) < 4.78 is 0.825. The van der Waals surface area contributed by atoms with E-state index < -0.39 is 0 Å². The second-order valence-electron chi connectivity index (χ2n) is 2.86. The predicted octanol–water partition coefficient (Wildman–Crippen LogP) is 2.56. The van der Waals surface area contributed by atoms with Crippen LogP contribution in [0.25, 0.3) is 0 Å². The van der Waals surface area contributed by atoms with E-state index in [0.29, 0.717) is 0 Å². The summed E-state index contributed by atoms with van der Waals surface area (Å²) in [5.41, 5.74) is 1.02. The van der Waals surface area contributed by atoms with Gasteiger partial charge in [-0.05, 0) is 33.6 Å². The monoisotopic (exact) mass is 241 g/mol. The van der Waals surface area contributed by atoms with Crippen molar-refractivity contribution in [2.24, 2.45) is 5.16 Å². The Hall–Kier alpha value is -1.03. The second kappa shape index (κ2) is 3.38. The Morgan fingerprint density at radius 3 is 2.62 bits per heavy atom. The molecule has 13 heavy (non-hydrogen) atoms. The number of phenolic OH excluding ortho intramolecular Hbond substituents is 1. The minimum Gasteiger partial charge on any atom is -0.508 e. The van der Waals surface area contributed by atoms with Crippen molar-refractivity contribution in [1.29, 1.82) is 0 Å². The highest BCUT2D eigenvalue weighted by Crippen LogP contribution is 2.29. The first-order valence-electron chi connectivity index (χ1n) is 3.93. The molecule has 1 atom stereocenters. The fraction of sp³-hybridized carbons (Fsp3) is 0.222. The third-order valence-corrected chi connectivity index (χ3v) is 2.37. The van der Waals surface area contributed by atoms with E-state index in [2.05, 4.69) is 21.1 Å². The van der Waals surface area contributed by atoms with Crippen LogP contribution in [-0.4, -0.2) is 9.73 Å². The van der Waals surface area contributed by atoms with E-state index in [1.165, 1.54) is 0 Å². The molecule has 0 unspecified atom stereocenters. The summed E-state index contributed by atoms with van der Waals surface area (Å²) in [7, 11) is 0. The minimum atomic E-state index is -0.0185. The van der Waals surface area contributed by atoms with E-state index in [0.717, 1.165) is 16.6 Å². The van der Waals surface area contributed by atoms with Gasteiger partial charge >= 0.3 is 0 Å². The number of halogens is 1. The van der Waals surface area contributed by atoms with Crippen molar-refractivity contribution in [3.05, 3.63) is 29.8 Å². The van der Waals surface area contributed by atoms with Crippen LogP contribution in [0.4, 0.5) is 0 Å². The average Bonchev–Trinajstić information content (AvgIpc) is 2.53. The van der Waals surface area contributed by atoms with E-state index in [-0.39, 0.29) is 11.9 Å². The normalized spacial score (nSPS) is 21.0. The molecular formula is C9H8BrNO2. The fourth-order valence-corrected chi connectivity index (χ4v) is 1.59. The number of oxime groups is 1. The van der Waals surface area contributed by atoms with E-state index in [4.69, 9.17) is 9.94 Å². The molecule has 0 aromatic heterocycles. The van der Waals surface area contributed by atoms with Crippen molar-refractivity contribution in [3.63, 3.8) is 0 Å². The number of rotatable bonds is 1. The number of phenols is 1. The SMILES string of the molecule is Oc1ccc([C@@H]2CC(Br)=NO2)cc1.